The van der Waals surface area contributed by atoms with E-state index in [4.69, 9.17) is 5.26 Å². The third-order valence-corrected chi connectivity index (χ3v) is 1.85. The molecule has 0 atom stereocenters. The molecule has 0 aliphatic rings. The fraction of sp³-hybridized carbons (Fsp3) is 0.182. The standard InChI is InChI=1S/C11H3F6N/c12-10(13,14)8-4-7(2-1-3-18)5-9(6-8)11(15,16)17/h4-6H. The molecule has 0 unspecified atom stereocenters. The molecule has 0 bridgehead atoms. The van der Waals surface area contributed by atoms with Gasteiger partial charge in [0.2, 0.25) is 0 Å². The highest BCUT2D eigenvalue weighted by molar-refractivity contribution is 5.44. The molecule has 1 aromatic carbocycles. The van der Waals surface area contributed by atoms with Crippen molar-refractivity contribution < 1.29 is 26.3 Å². The van der Waals surface area contributed by atoms with Crippen LogP contribution in [0.15, 0.2) is 18.2 Å². The highest BCUT2D eigenvalue weighted by Gasteiger charge is 2.36. The van der Waals surface area contributed by atoms with Crippen LogP contribution in [0.25, 0.3) is 0 Å². The maximum atomic E-state index is 12.4. The van der Waals surface area contributed by atoms with Gasteiger partial charge in [-0.15, -0.1) is 0 Å². The average Bonchev–Trinajstić information content (AvgIpc) is 2.23. The largest absolute Gasteiger partial charge is 0.416 e. The Bertz CT molecular complexity index is 518. The zero-order chi connectivity index (χ0) is 14.0. The highest BCUT2D eigenvalue weighted by atomic mass is 19.4. The zero-order valence-electron chi connectivity index (χ0n) is 8.45. The lowest BCUT2D eigenvalue weighted by molar-refractivity contribution is -0.143. The van der Waals surface area contributed by atoms with Crippen molar-refractivity contribution in [1.29, 1.82) is 5.26 Å². The summed E-state index contributed by atoms with van der Waals surface area (Å²) in [5, 5.41) is 8.12. The van der Waals surface area contributed by atoms with Gasteiger partial charge in [0.05, 0.1) is 11.1 Å². The van der Waals surface area contributed by atoms with E-state index in [-0.39, 0.29) is 6.07 Å². The molecule has 0 saturated carbocycles. The Balaban J connectivity index is 3.45. The van der Waals surface area contributed by atoms with Gasteiger partial charge in [-0.1, -0.05) is 5.92 Å². The van der Waals surface area contributed by atoms with Crippen LogP contribution in [0.3, 0.4) is 0 Å². The molecule has 1 aromatic rings. The number of nitriles is 1. The summed E-state index contributed by atoms with van der Waals surface area (Å²) < 4.78 is 74.3. The third-order valence-electron chi connectivity index (χ3n) is 1.85. The molecule has 0 radical (unpaired) electrons. The number of halogens is 6. The Hall–Kier alpha value is -2.15. The van der Waals surface area contributed by atoms with E-state index in [1.807, 2.05) is 5.92 Å². The summed E-state index contributed by atoms with van der Waals surface area (Å²) in [6, 6.07) is 2.22. The van der Waals surface area contributed by atoms with Gasteiger partial charge in [0.15, 0.2) is 6.07 Å². The molecule has 0 spiro atoms. The summed E-state index contributed by atoms with van der Waals surface area (Å²) in [5.41, 5.74) is -3.43. The second-order valence-corrected chi connectivity index (χ2v) is 3.16. The van der Waals surface area contributed by atoms with Gasteiger partial charge >= 0.3 is 12.4 Å². The highest BCUT2D eigenvalue weighted by Crippen LogP contribution is 2.36. The molecule has 0 heterocycles. The molecule has 0 saturated heterocycles. The van der Waals surface area contributed by atoms with Gasteiger partial charge < -0.3 is 0 Å². The first-order chi connectivity index (χ1) is 8.14. The molecule has 1 rings (SSSR count). The summed E-state index contributed by atoms with van der Waals surface area (Å²) in [5.74, 6) is 3.65. The van der Waals surface area contributed by atoms with Gasteiger partial charge in [0, 0.05) is 11.5 Å². The van der Waals surface area contributed by atoms with Crippen molar-refractivity contribution >= 4 is 0 Å². The Morgan fingerprint density at radius 2 is 1.28 bits per heavy atom. The van der Waals surface area contributed by atoms with Gasteiger partial charge in [0.25, 0.3) is 0 Å². The second-order valence-electron chi connectivity index (χ2n) is 3.16. The van der Waals surface area contributed by atoms with Gasteiger partial charge in [-0.2, -0.15) is 31.6 Å². The van der Waals surface area contributed by atoms with Crippen LogP contribution in [0.1, 0.15) is 16.7 Å². The number of hydrogen-bond acceptors (Lipinski definition) is 1. The molecule has 18 heavy (non-hydrogen) atoms. The number of benzene rings is 1. The molecule has 0 N–H and O–H groups in total. The van der Waals surface area contributed by atoms with Crippen LogP contribution in [0.4, 0.5) is 26.3 Å². The lowest BCUT2D eigenvalue weighted by atomic mass is 10.1. The van der Waals surface area contributed by atoms with E-state index in [9.17, 15) is 26.3 Å². The van der Waals surface area contributed by atoms with E-state index in [1.165, 1.54) is 6.07 Å². The first-order valence-electron chi connectivity index (χ1n) is 4.34. The number of hydrogen-bond donors (Lipinski definition) is 0. The van der Waals surface area contributed by atoms with Crippen molar-refractivity contribution in [2.24, 2.45) is 0 Å². The quantitative estimate of drug-likeness (QED) is 0.518. The van der Waals surface area contributed by atoms with E-state index in [0.29, 0.717) is 12.1 Å². The number of nitrogens with zero attached hydrogens (tertiary/aromatic N) is 1. The minimum Gasteiger partial charge on any atom is -0.183 e. The van der Waals surface area contributed by atoms with Crippen LogP contribution in [-0.2, 0) is 12.4 Å². The minimum atomic E-state index is -4.91. The fourth-order valence-corrected chi connectivity index (χ4v) is 1.13. The number of rotatable bonds is 0. The summed E-state index contributed by atoms with van der Waals surface area (Å²) in [7, 11) is 0. The molecular weight excluding hydrogens is 260 g/mol. The first-order valence-corrected chi connectivity index (χ1v) is 4.34. The van der Waals surface area contributed by atoms with E-state index in [1.54, 1.807) is 5.92 Å². The van der Waals surface area contributed by atoms with Crippen LogP contribution < -0.4 is 0 Å². The van der Waals surface area contributed by atoms with E-state index in [0.717, 1.165) is 0 Å². The van der Waals surface area contributed by atoms with Gasteiger partial charge in [-0.3, -0.25) is 0 Å². The van der Waals surface area contributed by atoms with Gasteiger partial charge in [0.1, 0.15) is 0 Å². The van der Waals surface area contributed by atoms with E-state index < -0.39 is 29.0 Å². The molecule has 0 aliphatic heterocycles. The summed E-state index contributed by atoms with van der Waals surface area (Å²) >= 11 is 0. The summed E-state index contributed by atoms with van der Waals surface area (Å²) in [6.45, 7) is 0. The predicted octanol–water partition coefficient (Wildman–Crippen LogP) is 3.60. The molecule has 0 amide bonds. The summed E-state index contributed by atoms with van der Waals surface area (Å²) in [6.07, 6.45) is -9.82. The Labute approximate surface area is 97.6 Å². The Morgan fingerprint density at radius 3 is 1.61 bits per heavy atom. The summed E-state index contributed by atoms with van der Waals surface area (Å²) in [4.78, 5) is 0. The monoisotopic (exact) mass is 263 g/mol. The van der Waals surface area contributed by atoms with Crippen molar-refractivity contribution in [2.45, 2.75) is 12.4 Å². The maximum Gasteiger partial charge on any atom is 0.416 e. The molecule has 0 aliphatic carbocycles. The zero-order valence-corrected chi connectivity index (χ0v) is 8.45. The lowest BCUT2D eigenvalue weighted by Crippen LogP contribution is -2.11. The number of alkyl halides is 6. The van der Waals surface area contributed by atoms with Crippen LogP contribution in [0.5, 0.6) is 0 Å². The first kappa shape index (κ1) is 13.9. The second kappa shape index (κ2) is 4.61. The van der Waals surface area contributed by atoms with Crippen LogP contribution in [-0.4, -0.2) is 0 Å². The average molecular weight is 263 g/mol. The molecule has 0 fully saturated rings. The topological polar surface area (TPSA) is 23.8 Å². The Kier molecular flexibility index (Phi) is 3.57. The van der Waals surface area contributed by atoms with Crippen LogP contribution in [0.2, 0.25) is 0 Å². The fourth-order valence-electron chi connectivity index (χ4n) is 1.13. The minimum absolute atomic E-state index is 0.00243. The van der Waals surface area contributed by atoms with Gasteiger partial charge in [-0.25, -0.2) is 0 Å². The van der Waals surface area contributed by atoms with Crippen molar-refractivity contribution in [3.63, 3.8) is 0 Å². The van der Waals surface area contributed by atoms with Crippen molar-refractivity contribution in [3.05, 3.63) is 34.9 Å². The van der Waals surface area contributed by atoms with Crippen LogP contribution in [0, 0.1) is 23.2 Å². The van der Waals surface area contributed by atoms with Crippen molar-refractivity contribution in [3.8, 4) is 17.9 Å². The predicted molar refractivity (Wildman–Crippen MR) is 48.9 cm³/mol. The smallest absolute Gasteiger partial charge is 0.183 e. The SMILES string of the molecule is N#CC#Cc1cc(C(F)(F)F)cc(C(F)(F)F)c1. The van der Waals surface area contributed by atoms with E-state index >= 15 is 0 Å². The van der Waals surface area contributed by atoms with Crippen molar-refractivity contribution in [2.75, 3.05) is 0 Å². The molecule has 0 aromatic heterocycles. The molecule has 7 heteroatoms. The lowest BCUT2D eigenvalue weighted by Gasteiger charge is -2.12. The molecule has 1 nitrogen and oxygen atoms in total. The Morgan fingerprint density at radius 1 is 0.833 bits per heavy atom. The van der Waals surface area contributed by atoms with Crippen molar-refractivity contribution in [1.82, 2.24) is 0 Å². The van der Waals surface area contributed by atoms with Gasteiger partial charge in [-0.05, 0) is 18.2 Å². The van der Waals surface area contributed by atoms with E-state index in [2.05, 4.69) is 0 Å². The third kappa shape index (κ3) is 3.42. The molecular formula is C11H3F6N. The molecule has 94 valence electrons. The maximum absolute atomic E-state index is 12.4. The normalized spacial score (nSPS) is 11.4. The van der Waals surface area contributed by atoms with Crippen LogP contribution >= 0.6 is 0 Å².